The van der Waals surface area contributed by atoms with Gasteiger partial charge in [0.05, 0.1) is 5.52 Å². The van der Waals surface area contributed by atoms with Gasteiger partial charge in [-0.2, -0.15) is 0 Å². The number of hydrogen-bond acceptors (Lipinski definition) is 3. The normalized spacial score (nSPS) is 11.1. The lowest BCUT2D eigenvalue weighted by molar-refractivity contribution is 1.35. The van der Waals surface area contributed by atoms with Gasteiger partial charge in [-0.05, 0) is 18.2 Å². The highest BCUT2D eigenvalue weighted by Gasteiger charge is 2.06. The largest absolute Gasteiger partial charge is 0.399 e. The van der Waals surface area contributed by atoms with E-state index in [1.165, 1.54) is 0 Å². The first-order valence-corrected chi connectivity index (χ1v) is 5.22. The second kappa shape index (κ2) is 3.32. The molecule has 0 aliphatic heterocycles. The molecule has 4 heteroatoms. The van der Waals surface area contributed by atoms with E-state index in [9.17, 15) is 0 Å². The van der Waals surface area contributed by atoms with Crippen molar-refractivity contribution in [2.24, 2.45) is 0 Å². The molecule has 1 aromatic carbocycles. The van der Waals surface area contributed by atoms with Crippen LogP contribution in [0.3, 0.4) is 0 Å². The highest BCUT2D eigenvalue weighted by molar-refractivity contribution is 6.35. The van der Waals surface area contributed by atoms with Crippen molar-refractivity contribution in [2.75, 3.05) is 5.73 Å². The Morgan fingerprint density at radius 1 is 1.06 bits per heavy atom. The monoisotopic (exact) mass is 229 g/mol. The molecule has 78 valence electrons. The second-order valence-electron chi connectivity index (χ2n) is 3.60. The van der Waals surface area contributed by atoms with Crippen LogP contribution in [0.15, 0.2) is 36.7 Å². The number of nitrogen functional groups attached to an aromatic ring is 1. The average molecular weight is 230 g/mol. The first-order valence-electron chi connectivity index (χ1n) is 4.84. The maximum Gasteiger partial charge on any atom is 0.137 e. The number of pyridine rings is 2. The molecule has 0 saturated carbocycles. The van der Waals surface area contributed by atoms with E-state index in [4.69, 9.17) is 17.3 Å². The molecule has 0 aliphatic rings. The van der Waals surface area contributed by atoms with E-state index in [-0.39, 0.29) is 0 Å². The van der Waals surface area contributed by atoms with Crippen LogP contribution in [0.5, 0.6) is 0 Å². The van der Waals surface area contributed by atoms with Crippen LogP contribution in [0.1, 0.15) is 0 Å². The highest BCUT2D eigenvalue weighted by Crippen LogP contribution is 2.29. The molecule has 0 amide bonds. The van der Waals surface area contributed by atoms with Crippen LogP contribution in [0.4, 0.5) is 5.69 Å². The Balaban J connectivity index is 2.59. The van der Waals surface area contributed by atoms with Gasteiger partial charge in [0.15, 0.2) is 0 Å². The zero-order valence-corrected chi connectivity index (χ0v) is 9.07. The van der Waals surface area contributed by atoms with Gasteiger partial charge in [-0.3, -0.25) is 4.98 Å². The van der Waals surface area contributed by atoms with Crippen LogP contribution in [0.2, 0.25) is 5.15 Å². The molecule has 0 saturated heterocycles. The third kappa shape index (κ3) is 1.29. The zero-order valence-electron chi connectivity index (χ0n) is 8.31. The number of fused-ring (bicyclic) bond motifs is 3. The van der Waals surface area contributed by atoms with Crippen molar-refractivity contribution >= 4 is 39.0 Å². The van der Waals surface area contributed by atoms with E-state index in [1.54, 1.807) is 12.4 Å². The van der Waals surface area contributed by atoms with Gasteiger partial charge in [0.1, 0.15) is 5.15 Å². The smallest absolute Gasteiger partial charge is 0.137 e. The van der Waals surface area contributed by atoms with Gasteiger partial charge in [0, 0.05) is 34.2 Å². The summed E-state index contributed by atoms with van der Waals surface area (Å²) in [6.45, 7) is 0. The summed E-state index contributed by atoms with van der Waals surface area (Å²) in [5, 5.41) is 3.41. The second-order valence-corrected chi connectivity index (χ2v) is 3.96. The Morgan fingerprint density at radius 3 is 2.81 bits per heavy atom. The number of aromatic nitrogens is 2. The minimum Gasteiger partial charge on any atom is -0.399 e. The summed E-state index contributed by atoms with van der Waals surface area (Å²) >= 11 is 6.11. The van der Waals surface area contributed by atoms with Gasteiger partial charge in [-0.1, -0.05) is 17.7 Å². The number of halogens is 1. The fourth-order valence-electron chi connectivity index (χ4n) is 1.82. The van der Waals surface area contributed by atoms with Crippen molar-refractivity contribution in [1.82, 2.24) is 9.97 Å². The lowest BCUT2D eigenvalue weighted by Crippen LogP contribution is -1.88. The maximum absolute atomic E-state index is 6.11. The summed E-state index contributed by atoms with van der Waals surface area (Å²) in [5.41, 5.74) is 7.20. The van der Waals surface area contributed by atoms with E-state index < -0.39 is 0 Å². The molecular weight excluding hydrogens is 222 g/mol. The third-order valence-electron chi connectivity index (χ3n) is 2.57. The van der Waals surface area contributed by atoms with Gasteiger partial charge >= 0.3 is 0 Å². The van der Waals surface area contributed by atoms with E-state index in [0.29, 0.717) is 10.8 Å². The number of rotatable bonds is 0. The number of nitrogens with zero attached hydrogens (tertiary/aromatic N) is 2. The van der Waals surface area contributed by atoms with Crippen molar-refractivity contribution in [3.8, 4) is 0 Å². The SMILES string of the molecule is Nc1ccc2c(c1)nc(Cl)c1ccncc12. The number of benzene rings is 1. The molecule has 2 N–H and O–H groups in total. The van der Waals surface area contributed by atoms with Gasteiger partial charge in [0.2, 0.25) is 0 Å². The lowest BCUT2D eigenvalue weighted by Gasteiger charge is -2.05. The molecule has 0 atom stereocenters. The Hall–Kier alpha value is -1.87. The van der Waals surface area contributed by atoms with Crippen molar-refractivity contribution in [2.45, 2.75) is 0 Å². The predicted octanol–water partition coefficient (Wildman–Crippen LogP) is 3.02. The van der Waals surface area contributed by atoms with Gasteiger partial charge in [-0.15, -0.1) is 0 Å². The first kappa shape index (κ1) is 9.36. The highest BCUT2D eigenvalue weighted by atomic mass is 35.5. The molecule has 3 rings (SSSR count). The zero-order chi connectivity index (χ0) is 11.1. The summed E-state index contributed by atoms with van der Waals surface area (Å²) in [7, 11) is 0. The van der Waals surface area contributed by atoms with Gasteiger partial charge in [-0.25, -0.2) is 4.98 Å². The first-order chi connectivity index (χ1) is 7.75. The summed E-state index contributed by atoms with van der Waals surface area (Å²) in [6, 6.07) is 7.47. The molecule has 0 aliphatic carbocycles. The average Bonchev–Trinajstić information content (AvgIpc) is 2.29. The Morgan fingerprint density at radius 2 is 1.94 bits per heavy atom. The van der Waals surface area contributed by atoms with E-state index in [2.05, 4.69) is 9.97 Å². The fraction of sp³-hybridized carbons (Fsp3) is 0. The molecule has 0 unspecified atom stereocenters. The summed E-state index contributed by atoms with van der Waals surface area (Å²) in [4.78, 5) is 8.43. The standard InChI is InChI=1S/C12H8ClN3/c13-12-9-3-4-15-6-10(9)8-2-1-7(14)5-11(8)16-12/h1-6H,14H2. The lowest BCUT2D eigenvalue weighted by atomic mass is 10.1. The molecular formula is C12H8ClN3. The Kier molecular flexibility index (Phi) is 1.94. The molecule has 0 radical (unpaired) electrons. The van der Waals surface area contributed by atoms with Crippen molar-refractivity contribution < 1.29 is 0 Å². The number of hydrogen-bond donors (Lipinski definition) is 1. The third-order valence-corrected chi connectivity index (χ3v) is 2.86. The number of anilines is 1. The predicted molar refractivity (Wildman–Crippen MR) is 66.5 cm³/mol. The van der Waals surface area contributed by atoms with E-state index in [0.717, 1.165) is 21.7 Å². The van der Waals surface area contributed by atoms with Crippen molar-refractivity contribution in [1.29, 1.82) is 0 Å². The van der Waals surface area contributed by atoms with Crippen LogP contribution in [-0.4, -0.2) is 9.97 Å². The molecule has 2 aromatic heterocycles. The molecule has 3 nitrogen and oxygen atoms in total. The van der Waals surface area contributed by atoms with Crippen molar-refractivity contribution in [3.63, 3.8) is 0 Å². The minimum absolute atomic E-state index is 0.482. The van der Waals surface area contributed by atoms with Crippen LogP contribution < -0.4 is 5.73 Å². The molecule has 0 bridgehead atoms. The summed E-state index contributed by atoms with van der Waals surface area (Å²) in [6.07, 6.45) is 3.50. The fourth-order valence-corrected chi connectivity index (χ4v) is 2.08. The van der Waals surface area contributed by atoms with Crippen LogP contribution in [0, 0.1) is 0 Å². The Bertz CT molecular complexity index is 694. The van der Waals surface area contributed by atoms with E-state index >= 15 is 0 Å². The van der Waals surface area contributed by atoms with Crippen LogP contribution in [-0.2, 0) is 0 Å². The van der Waals surface area contributed by atoms with Crippen molar-refractivity contribution in [3.05, 3.63) is 41.8 Å². The van der Waals surface area contributed by atoms with Gasteiger partial charge in [0.25, 0.3) is 0 Å². The van der Waals surface area contributed by atoms with Crippen LogP contribution >= 0.6 is 11.6 Å². The molecule has 0 spiro atoms. The summed E-state index contributed by atoms with van der Waals surface area (Å²) < 4.78 is 0. The molecule has 3 aromatic rings. The van der Waals surface area contributed by atoms with Gasteiger partial charge < -0.3 is 5.73 Å². The molecule has 2 heterocycles. The molecule has 0 fully saturated rings. The maximum atomic E-state index is 6.11. The quantitative estimate of drug-likeness (QED) is 0.366. The minimum atomic E-state index is 0.482. The Labute approximate surface area is 96.9 Å². The van der Waals surface area contributed by atoms with E-state index in [1.807, 2.05) is 24.3 Å². The summed E-state index contributed by atoms with van der Waals surface area (Å²) in [5.74, 6) is 0. The number of nitrogens with two attached hydrogens (primary N) is 1. The molecule has 16 heavy (non-hydrogen) atoms. The topological polar surface area (TPSA) is 51.8 Å². The van der Waals surface area contributed by atoms with Crippen LogP contribution in [0.25, 0.3) is 21.7 Å².